The first kappa shape index (κ1) is 25.3. The number of thioether (sulfide) groups is 1. The molecule has 1 aliphatic heterocycles. The van der Waals surface area contributed by atoms with Gasteiger partial charge in [-0.15, -0.1) is 0 Å². The van der Waals surface area contributed by atoms with Gasteiger partial charge in [-0.1, -0.05) is 36.0 Å². The zero-order valence-corrected chi connectivity index (χ0v) is 20.4. The Morgan fingerprint density at radius 2 is 2.00 bits per heavy atom. The van der Waals surface area contributed by atoms with Crippen molar-refractivity contribution in [2.24, 2.45) is 5.10 Å². The first-order valence-corrected chi connectivity index (χ1v) is 12.0. The fraction of sp³-hybridized carbons (Fsp3) is 0.360. The Hall–Kier alpha value is -3.35. The average Bonchev–Trinajstić information content (AvgIpc) is 2.80. The van der Waals surface area contributed by atoms with Gasteiger partial charge >= 0.3 is 11.3 Å². The van der Waals surface area contributed by atoms with Gasteiger partial charge in [-0.25, -0.2) is 9.80 Å². The van der Waals surface area contributed by atoms with Crippen molar-refractivity contribution in [3.8, 4) is 6.07 Å². The summed E-state index contributed by atoms with van der Waals surface area (Å²) < 4.78 is 5.25. The molecule has 2 aromatic rings. The number of nitriles is 1. The van der Waals surface area contributed by atoms with Crippen LogP contribution in [0.4, 0.5) is 15.3 Å². The van der Waals surface area contributed by atoms with Crippen LogP contribution in [0.3, 0.4) is 0 Å². The number of ether oxygens (including phenoxy) is 1. The SMILES string of the molecule is CC(C)(C)NCCCOC(=O)Nc1cccc(CN2N=C(c3ccc(C#N)cc3)CSC2=O)c1. The number of amides is 2. The van der Waals surface area contributed by atoms with Gasteiger partial charge in [0.1, 0.15) is 0 Å². The fourth-order valence-corrected chi connectivity index (χ4v) is 3.91. The third-order valence-corrected chi connectivity index (χ3v) is 5.72. The van der Waals surface area contributed by atoms with E-state index in [1.54, 1.807) is 24.3 Å². The van der Waals surface area contributed by atoms with E-state index in [-0.39, 0.29) is 17.3 Å². The molecule has 0 aliphatic carbocycles. The number of hydrogen-bond donors (Lipinski definition) is 2. The second-order valence-corrected chi connectivity index (χ2v) is 9.77. The molecule has 2 amide bonds. The Kier molecular flexibility index (Phi) is 8.68. The summed E-state index contributed by atoms with van der Waals surface area (Å²) in [5.41, 5.74) is 3.66. The highest BCUT2D eigenvalue weighted by Crippen LogP contribution is 2.23. The maximum atomic E-state index is 12.4. The lowest BCUT2D eigenvalue weighted by atomic mass is 10.1. The molecule has 1 heterocycles. The molecule has 0 radical (unpaired) electrons. The second kappa shape index (κ2) is 11.7. The molecule has 8 nitrogen and oxygen atoms in total. The van der Waals surface area contributed by atoms with E-state index in [0.29, 0.717) is 23.6 Å². The number of benzene rings is 2. The molecule has 3 rings (SSSR count). The van der Waals surface area contributed by atoms with Gasteiger partial charge in [0.2, 0.25) is 0 Å². The van der Waals surface area contributed by atoms with Crippen molar-refractivity contribution in [3.05, 3.63) is 65.2 Å². The van der Waals surface area contributed by atoms with Crippen molar-refractivity contribution in [1.29, 1.82) is 5.26 Å². The summed E-state index contributed by atoms with van der Waals surface area (Å²) in [7, 11) is 0. The summed E-state index contributed by atoms with van der Waals surface area (Å²) in [6.07, 6.45) is 0.206. The number of carbonyl (C=O) groups is 2. The summed E-state index contributed by atoms with van der Waals surface area (Å²) >= 11 is 1.18. The summed E-state index contributed by atoms with van der Waals surface area (Å²) in [5.74, 6) is 0.472. The summed E-state index contributed by atoms with van der Waals surface area (Å²) in [4.78, 5) is 24.5. The van der Waals surface area contributed by atoms with Gasteiger partial charge in [0.25, 0.3) is 0 Å². The van der Waals surface area contributed by atoms with Gasteiger partial charge in [0, 0.05) is 17.0 Å². The first-order chi connectivity index (χ1) is 16.2. The van der Waals surface area contributed by atoms with Gasteiger partial charge in [-0.05, 0) is 69.1 Å². The van der Waals surface area contributed by atoms with Crippen molar-refractivity contribution in [3.63, 3.8) is 0 Å². The minimum absolute atomic E-state index is 0.0315. The van der Waals surface area contributed by atoms with Gasteiger partial charge < -0.3 is 10.1 Å². The molecule has 0 saturated carbocycles. The quantitative estimate of drug-likeness (QED) is 0.519. The van der Waals surface area contributed by atoms with E-state index < -0.39 is 6.09 Å². The van der Waals surface area contributed by atoms with Crippen LogP contribution in [0.15, 0.2) is 53.6 Å². The van der Waals surface area contributed by atoms with E-state index in [2.05, 4.69) is 42.6 Å². The van der Waals surface area contributed by atoms with E-state index in [1.165, 1.54) is 16.8 Å². The molecule has 0 saturated heterocycles. The molecular weight excluding hydrogens is 450 g/mol. The lowest BCUT2D eigenvalue weighted by molar-refractivity contribution is 0.159. The maximum absolute atomic E-state index is 12.4. The van der Waals surface area contributed by atoms with Crippen LogP contribution in [0.25, 0.3) is 0 Å². The average molecular weight is 480 g/mol. The largest absolute Gasteiger partial charge is 0.449 e. The highest BCUT2D eigenvalue weighted by Gasteiger charge is 2.22. The molecule has 34 heavy (non-hydrogen) atoms. The number of nitrogens with one attached hydrogen (secondary N) is 2. The predicted octanol–water partition coefficient (Wildman–Crippen LogP) is 4.96. The van der Waals surface area contributed by atoms with Crippen LogP contribution in [-0.4, -0.2) is 46.5 Å². The Morgan fingerprint density at radius 3 is 2.71 bits per heavy atom. The Bertz CT molecular complexity index is 1090. The topological polar surface area (TPSA) is 107 Å². The molecule has 0 spiro atoms. The monoisotopic (exact) mass is 479 g/mol. The maximum Gasteiger partial charge on any atom is 0.411 e. The number of hydrazone groups is 1. The molecule has 1 aliphatic rings. The Balaban J connectivity index is 1.56. The lowest BCUT2D eigenvalue weighted by Crippen LogP contribution is -2.36. The Morgan fingerprint density at radius 1 is 1.24 bits per heavy atom. The molecule has 0 fully saturated rings. The molecule has 0 unspecified atom stereocenters. The number of anilines is 1. The third kappa shape index (κ3) is 7.90. The zero-order valence-electron chi connectivity index (χ0n) is 19.6. The van der Waals surface area contributed by atoms with Crippen LogP contribution in [-0.2, 0) is 11.3 Å². The van der Waals surface area contributed by atoms with Gasteiger partial charge in [-0.3, -0.25) is 10.1 Å². The minimum atomic E-state index is -0.515. The van der Waals surface area contributed by atoms with Gasteiger partial charge in [0.05, 0.1) is 30.5 Å². The number of hydrogen-bond acceptors (Lipinski definition) is 7. The molecule has 178 valence electrons. The normalized spacial score (nSPS) is 13.8. The van der Waals surface area contributed by atoms with Crippen molar-refractivity contribution in [1.82, 2.24) is 10.3 Å². The van der Waals surface area contributed by atoms with Gasteiger partial charge in [0.15, 0.2) is 0 Å². The minimum Gasteiger partial charge on any atom is -0.449 e. The highest BCUT2D eigenvalue weighted by molar-refractivity contribution is 8.14. The summed E-state index contributed by atoms with van der Waals surface area (Å²) in [6.45, 7) is 7.61. The second-order valence-electron chi connectivity index (χ2n) is 8.84. The van der Waals surface area contributed by atoms with Crippen molar-refractivity contribution < 1.29 is 14.3 Å². The molecular formula is C25H29N5O3S. The molecule has 0 aromatic heterocycles. The zero-order chi connectivity index (χ0) is 24.6. The van der Waals surface area contributed by atoms with E-state index >= 15 is 0 Å². The highest BCUT2D eigenvalue weighted by atomic mass is 32.2. The molecule has 9 heteroatoms. The standard InChI is InChI=1S/C25H29N5O3S/c1-25(2,3)27-12-5-13-33-23(31)28-21-7-4-6-19(14-21)16-30-24(32)34-17-22(29-30)20-10-8-18(15-26)9-11-20/h4,6-11,14,27H,5,12-13,16-17H2,1-3H3,(H,28,31). The number of carbonyl (C=O) groups excluding carboxylic acids is 2. The van der Waals surface area contributed by atoms with Crippen molar-refractivity contribution >= 4 is 34.5 Å². The number of rotatable bonds is 8. The summed E-state index contributed by atoms with van der Waals surface area (Å²) in [5, 5.41) is 20.9. The van der Waals surface area contributed by atoms with Crippen molar-refractivity contribution in [2.75, 3.05) is 24.2 Å². The fourth-order valence-electron chi connectivity index (χ4n) is 3.17. The van der Waals surface area contributed by atoms with E-state index in [4.69, 9.17) is 10.00 Å². The predicted molar refractivity (Wildman–Crippen MR) is 135 cm³/mol. The molecule has 2 aromatic carbocycles. The van der Waals surface area contributed by atoms with Crippen LogP contribution < -0.4 is 10.6 Å². The molecule has 0 bridgehead atoms. The smallest absolute Gasteiger partial charge is 0.411 e. The van der Waals surface area contributed by atoms with Crippen LogP contribution in [0.5, 0.6) is 0 Å². The van der Waals surface area contributed by atoms with E-state index in [0.717, 1.165) is 29.8 Å². The van der Waals surface area contributed by atoms with Crippen LogP contribution in [0, 0.1) is 11.3 Å². The lowest BCUT2D eigenvalue weighted by Gasteiger charge is -2.23. The third-order valence-electron chi connectivity index (χ3n) is 4.85. The van der Waals surface area contributed by atoms with Crippen LogP contribution >= 0.6 is 11.8 Å². The van der Waals surface area contributed by atoms with E-state index in [9.17, 15) is 9.59 Å². The van der Waals surface area contributed by atoms with Crippen LogP contribution in [0.2, 0.25) is 0 Å². The van der Waals surface area contributed by atoms with Crippen LogP contribution in [0.1, 0.15) is 43.9 Å². The van der Waals surface area contributed by atoms with Gasteiger partial charge in [-0.2, -0.15) is 10.4 Å². The summed E-state index contributed by atoms with van der Waals surface area (Å²) in [6, 6.07) is 16.5. The van der Waals surface area contributed by atoms with E-state index in [1.807, 2.05) is 24.3 Å². The molecule has 2 N–H and O–H groups in total. The number of nitrogens with zero attached hydrogens (tertiary/aromatic N) is 3. The molecule has 0 atom stereocenters. The Labute approximate surface area is 204 Å². The first-order valence-electron chi connectivity index (χ1n) is 11.0. The van der Waals surface area contributed by atoms with Crippen molar-refractivity contribution in [2.45, 2.75) is 39.3 Å².